The zero-order valence-corrected chi connectivity index (χ0v) is 11.7. The van der Waals surface area contributed by atoms with Gasteiger partial charge in [0.25, 0.3) is 0 Å². The Bertz CT molecular complexity index is 400. The molecule has 0 heterocycles. The number of halogens is 5. The maximum absolute atomic E-state index is 12.5. The largest absolute Gasteiger partial charge is 0.547 e. The first kappa shape index (κ1) is 17.0. The van der Waals surface area contributed by atoms with E-state index in [0.29, 0.717) is 0 Å². The number of benzene rings is 1. The van der Waals surface area contributed by atoms with E-state index in [0.717, 1.165) is 0 Å². The summed E-state index contributed by atoms with van der Waals surface area (Å²) in [6.45, 7) is -0.652. The van der Waals surface area contributed by atoms with E-state index >= 15 is 0 Å². The molecule has 1 unspecified atom stereocenters. The smallest absolute Gasteiger partial charge is 0.367 e. The number of rotatable bonds is 6. The lowest BCUT2D eigenvalue weighted by molar-refractivity contribution is -0.301. The molecule has 1 aromatic carbocycles. The summed E-state index contributed by atoms with van der Waals surface area (Å²) in [6.07, 6.45) is -5.95. The van der Waals surface area contributed by atoms with E-state index in [2.05, 4.69) is 8.85 Å². The van der Waals surface area contributed by atoms with Crippen molar-refractivity contribution in [2.75, 3.05) is 0 Å². The number of hydrogen-bond acceptors (Lipinski definition) is 3. The summed E-state index contributed by atoms with van der Waals surface area (Å²) in [5.74, 6) is 0. The van der Waals surface area contributed by atoms with E-state index in [4.69, 9.17) is 4.43 Å². The van der Waals surface area contributed by atoms with Gasteiger partial charge in [-0.15, -0.1) is 13.2 Å². The van der Waals surface area contributed by atoms with Crippen LogP contribution in [0.1, 0.15) is 13.8 Å². The Morgan fingerprint density at radius 1 is 1.00 bits per heavy atom. The summed E-state index contributed by atoms with van der Waals surface area (Å²) in [5, 5.41) is -0.189. The fourth-order valence-electron chi connectivity index (χ4n) is 1.49. The molecule has 0 bridgehead atoms. The van der Waals surface area contributed by atoms with Gasteiger partial charge in [-0.2, -0.15) is 8.78 Å². The van der Waals surface area contributed by atoms with Gasteiger partial charge >= 0.3 is 21.8 Å². The van der Waals surface area contributed by atoms with E-state index in [9.17, 15) is 22.0 Å². The Morgan fingerprint density at radius 3 is 1.95 bits per heavy atom. The second-order valence-corrected chi connectivity index (χ2v) is 6.38. The molecule has 0 radical (unpaired) electrons. The Kier molecular flexibility index (Phi) is 5.63. The van der Waals surface area contributed by atoms with E-state index in [1.54, 1.807) is 0 Å². The van der Waals surface area contributed by atoms with Gasteiger partial charge in [0, 0.05) is 11.3 Å². The van der Waals surface area contributed by atoms with Crippen molar-refractivity contribution in [1.29, 1.82) is 0 Å². The summed E-state index contributed by atoms with van der Waals surface area (Å²) in [6, 6.07) is 6.68. The van der Waals surface area contributed by atoms with Gasteiger partial charge in [-0.25, -0.2) is 0 Å². The average Bonchev–Trinajstić information content (AvgIpc) is 2.25. The molecule has 20 heavy (non-hydrogen) atoms. The van der Waals surface area contributed by atoms with Crippen LogP contribution in [0.3, 0.4) is 0 Å². The van der Waals surface area contributed by atoms with Crippen LogP contribution in [-0.2, 0) is 13.3 Å². The summed E-state index contributed by atoms with van der Waals surface area (Å²) in [7, 11) is -4.81. The van der Waals surface area contributed by atoms with Crippen molar-refractivity contribution in [2.24, 2.45) is 0 Å². The van der Waals surface area contributed by atoms with Crippen LogP contribution in [0.15, 0.2) is 30.3 Å². The predicted octanol–water partition coefficient (Wildman–Crippen LogP) is 3.03. The minimum absolute atomic E-state index is 0.189. The molecule has 1 rings (SSSR count). The van der Waals surface area contributed by atoms with E-state index < -0.39 is 27.9 Å². The van der Waals surface area contributed by atoms with Gasteiger partial charge in [0.05, 0.1) is 0 Å². The lowest BCUT2D eigenvalue weighted by atomic mass is 10.4. The van der Waals surface area contributed by atoms with Crippen LogP contribution in [0, 0.1) is 0 Å². The third-order valence-electron chi connectivity index (χ3n) is 2.01. The molecule has 0 spiro atoms. The lowest BCUT2D eigenvalue weighted by Gasteiger charge is -2.31. The van der Waals surface area contributed by atoms with E-state index in [-0.39, 0.29) is 5.19 Å². The zero-order valence-electron chi connectivity index (χ0n) is 10.7. The van der Waals surface area contributed by atoms with Crippen molar-refractivity contribution in [1.82, 2.24) is 0 Å². The molecule has 0 aliphatic rings. The molecule has 1 atom stereocenters. The quantitative estimate of drug-likeness (QED) is 0.596. The molecule has 0 fully saturated rings. The highest BCUT2D eigenvalue weighted by Gasteiger charge is 2.55. The summed E-state index contributed by atoms with van der Waals surface area (Å²) in [4.78, 5) is 0. The molecule has 0 amide bonds. The van der Waals surface area contributed by atoms with Gasteiger partial charge in [-0.1, -0.05) is 30.3 Å². The van der Waals surface area contributed by atoms with Gasteiger partial charge in [-0.05, 0) is 13.8 Å². The van der Waals surface area contributed by atoms with Gasteiger partial charge in [0.2, 0.25) is 0 Å². The van der Waals surface area contributed by atoms with Crippen LogP contribution < -0.4 is 5.19 Å². The molecule has 9 heteroatoms. The van der Waals surface area contributed by atoms with Crippen LogP contribution in [0.4, 0.5) is 22.0 Å². The van der Waals surface area contributed by atoms with Gasteiger partial charge < -0.3 is 8.85 Å². The van der Waals surface area contributed by atoms with Crippen LogP contribution in [0.2, 0.25) is 0 Å². The fraction of sp³-hybridized carbons (Fsp3) is 0.455. The third-order valence-corrected chi connectivity index (χ3v) is 4.82. The van der Waals surface area contributed by atoms with Crippen molar-refractivity contribution in [3.63, 3.8) is 0 Å². The topological polar surface area (TPSA) is 27.7 Å². The van der Waals surface area contributed by atoms with Crippen molar-refractivity contribution < 1.29 is 35.2 Å². The Labute approximate surface area is 113 Å². The first-order chi connectivity index (χ1) is 9.15. The van der Waals surface area contributed by atoms with E-state index in [1.165, 1.54) is 44.2 Å². The second-order valence-electron chi connectivity index (χ2n) is 4.02. The summed E-state index contributed by atoms with van der Waals surface area (Å²) < 4.78 is 75.7. The monoisotopic (exact) mass is 316 g/mol. The standard InChI is InChI=1S/C11H13F5O3Si/c1-8(2)17-20(18-10(12)13,19-11(14,15)16)9-6-4-3-5-7-9/h3-8,10H,1-2H3. The molecule has 0 saturated carbocycles. The first-order valence-electron chi connectivity index (χ1n) is 5.61. The lowest BCUT2D eigenvalue weighted by Crippen LogP contribution is -2.61. The normalized spacial score (nSPS) is 15.7. The molecule has 114 valence electrons. The molecular weight excluding hydrogens is 303 g/mol. The molecule has 3 nitrogen and oxygen atoms in total. The first-order valence-corrected chi connectivity index (χ1v) is 7.33. The second kappa shape index (κ2) is 6.61. The highest BCUT2D eigenvalue weighted by molar-refractivity contribution is 6.75. The molecule has 0 N–H and O–H groups in total. The van der Waals surface area contributed by atoms with Crippen molar-refractivity contribution >= 4 is 14.0 Å². The van der Waals surface area contributed by atoms with Gasteiger partial charge in [0.15, 0.2) is 0 Å². The maximum atomic E-state index is 12.5. The molecular formula is C11H13F5O3Si. The summed E-state index contributed by atoms with van der Waals surface area (Å²) in [5.41, 5.74) is 0. The van der Waals surface area contributed by atoms with Crippen LogP contribution >= 0.6 is 0 Å². The van der Waals surface area contributed by atoms with E-state index in [1.807, 2.05) is 0 Å². The van der Waals surface area contributed by atoms with Crippen molar-refractivity contribution in [3.8, 4) is 0 Å². The van der Waals surface area contributed by atoms with Crippen molar-refractivity contribution in [3.05, 3.63) is 30.3 Å². The molecule has 1 aromatic rings. The van der Waals surface area contributed by atoms with Crippen LogP contribution in [0.25, 0.3) is 0 Å². The Balaban J connectivity index is 3.25. The highest BCUT2D eigenvalue weighted by atomic mass is 28.4. The maximum Gasteiger partial charge on any atom is 0.547 e. The average molecular weight is 316 g/mol. The number of alkyl halides is 5. The fourth-order valence-corrected chi connectivity index (χ4v) is 3.80. The third kappa shape index (κ3) is 5.16. The predicted molar refractivity (Wildman–Crippen MR) is 62.3 cm³/mol. The van der Waals surface area contributed by atoms with Crippen LogP contribution in [-0.4, -0.2) is 27.9 Å². The minimum atomic E-state index is -5.16. The number of hydrogen-bond donors (Lipinski definition) is 0. The molecule has 0 aliphatic carbocycles. The molecule has 0 aliphatic heterocycles. The van der Waals surface area contributed by atoms with Gasteiger partial charge in [0.1, 0.15) is 0 Å². The highest BCUT2D eigenvalue weighted by Crippen LogP contribution is 2.27. The Hall–Kier alpha value is -1.03. The Morgan fingerprint density at radius 2 is 1.55 bits per heavy atom. The summed E-state index contributed by atoms with van der Waals surface area (Å²) >= 11 is 0. The zero-order chi connectivity index (χ0) is 15.4. The van der Waals surface area contributed by atoms with Crippen LogP contribution in [0.5, 0.6) is 0 Å². The van der Waals surface area contributed by atoms with Crippen molar-refractivity contribution in [2.45, 2.75) is 32.9 Å². The molecule has 0 aromatic heterocycles. The SMILES string of the molecule is CC(C)O[Si](OC(F)F)(OC(F)(F)F)c1ccccc1. The molecule has 0 saturated heterocycles. The minimum Gasteiger partial charge on any atom is -0.367 e. The van der Waals surface area contributed by atoms with Gasteiger partial charge in [-0.3, -0.25) is 4.43 Å².